The Kier molecular flexibility index (Phi) is 4.25. The van der Waals surface area contributed by atoms with Crippen molar-refractivity contribution < 1.29 is 5.11 Å². The van der Waals surface area contributed by atoms with Crippen LogP contribution in [0.5, 0.6) is 5.75 Å². The number of nitrogens with zero attached hydrogens (tertiary/aromatic N) is 4. The predicted molar refractivity (Wildman–Crippen MR) is 120 cm³/mol. The van der Waals surface area contributed by atoms with Crippen LogP contribution in [0.25, 0.3) is 44.9 Å². The average molecular weight is 409 g/mol. The van der Waals surface area contributed by atoms with E-state index in [1.54, 1.807) is 36.1 Å². The van der Waals surface area contributed by atoms with Crippen LogP contribution in [0.1, 0.15) is 5.56 Å². The highest BCUT2D eigenvalue weighted by atomic mass is 16.3. The number of fused-ring (bicyclic) bond motifs is 1. The van der Waals surface area contributed by atoms with Gasteiger partial charge in [-0.2, -0.15) is 5.10 Å². The van der Waals surface area contributed by atoms with Crippen molar-refractivity contribution in [3.63, 3.8) is 0 Å². The number of aromatic nitrogens is 5. The number of aromatic amines is 1. The summed E-state index contributed by atoms with van der Waals surface area (Å²) >= 11 is 0. The highest BCUT2D eigenvalue weighted by Gasteiger charge is 2.21. The molecule has 0 unspecified atom stereocenters. The molecule has 5 N–H and O–H groups in total. The third kappa shape index (κ3) is 3.20. The fourth-order valence-electron chi connectivity index (χ4n) is 3.62. The van der Waals surface area contributed by atoms with Gasteiger partial charge in [0.25, 0.3) is 0 Å². The number of imidazole rings is 1. The number of H-pyrrole nitrogens is 1. The van der Waals surface area contributed by atoms with Crippen molar-refractivity contribution in [2.45, 2.75) is 0 Å². The van der Waals surface area contributed by atoms with Gasteiger partial charge in [-0.3, -0.25) is 15.1 Å². The van der Waals surface area contributed by atoms with Crippen molar-refractivity contribution in [2.75, 3.05) is 0 Å². The second-order valence-electron chi connectivity index (χ2n) is 7.22. The van der Waals surface area contributed by atoms with E-state index in [9.17, 15) is 5.11 Å². The Morgan fingerprint density at radius 2 is 1.84 bits per heavy atom. The summed E-state index contributed by atoms with van der Waals surface area (Å²) in [6, 6.07) is 17.0. The van der Waals surface area contributed by atoms with Gasteiger partial charge < -0.3 is 15.8 Å². The van der Waals surface area contributed by atoms with Crippen LogP contribution in [0.4, 0.5) is 0 Å². The topological polar surface area (TPSA) is 129 Å². The molecule has 8 heteroatoms. The van der Waals surface area contributed by atoms with E-state index in [1.165, 1.54) is 0 Å². The number of amidine groups is 1. The molecule has 31 heavy (non-hydrogen) atoms. The molecule has 8 nitrogen and oxygen atoms in total. The van der Waals surface area contributed by atoms with Gasteiger partial charge in [0.2, 0.25) is 0 Å². The SMILES string of the molecule is Cn1nc(-c2ccc(-c3cccnc3)cc2)c(O)c1-c1nc2ccc(C(=N)N)cc2[nH]1. The maximum atomic E-state index is 11.0. The molecule has 5 aromatic rings. The number of aromatic hydroxyl groups is 1. The van der Waals surface area contributed by atoms with Crippen molar-refractivity contribution in [1.29, 1.82) is 5.41 Å². The molecule has 0 bridgehead atoms. The van der Waals surface area contributed by atoms with Gasteiger partial charge >= 0.3 is 0 Å². The van der Waals surface area contributed by atoms with Crippen molar-refractivity contribution in [3.05, 3.63) is 72.6 Å². The van der Waals surface area contributed by atoms with Crippen LogP contribution in [0.3, 0.4) is 0 Å². The number of pyridine rings is 1. The molecule has 5 rings (SSSR count). The molecule has 0 amide bonds. The van der Waals surface area contributed by atoms with E-state index in [-0.39, 0.29) is 11.6 Å². The van der Waals surface area contributed by atoms with Crippen molar-refractivity contribution in [2.24, 2.45) is 12.8 Å². The van der Waals surface area contributed by atoms with E-state index in [0.717, 1.165) is 22.2 Å². The second kappa shape index (κ2) is 7.10. The number of nitrogens with one attached hydrogen (secondary N) is 2. The Balaban J connectivity index is 1.54. The highest BCUT2D eigenvalue weighted by molar-refractivity contribution is 5.98. The lowest BCUT2D eigenvalue weighted by Gasteiger charge is -2.03. The van der Waals surface area contributed by atoms with Gasteiger partial charge in [0.05, 0.1) is 11.0 Å². The van der Waals surface area contributed by atoms with Crippen LogP contribution in [-0.4, -0.2) is 35.7 Å². The molecular formula is C23H19N7O. The van der Waals surface area contributed by atoms with Crippen LogP contribution < -0.4 is 5.73 Å². The molecule has 0 radical (unpaired) electrons. The maximum Gasteiger partial charge on any atom is 0.173 e. The third-order valence-electron chi connectivity index (χ3n) is 5.19. The summed E-state index contributed by atoms with van der Waals surface area (Å²) in [7, 11) is 1.76. The molecule has 0 fully saturated rings. The first kappa shape index (κ1) is 18.6. The number of rotatable bonds is 4. The molecule has 152 valence electrons. The summed E-state index contributed by atoms with van der Waals surface area (Å²) in [6.07, 6.45) is 3.55. The minimum atomic E-state index is -0.0153. The molecule has 2 aromatic carbocycles. The summed E-state index contributed by atoms with van der Waals surface area (Å²) < 4.78 is 1.60. The standard InChI is InChI=1S/C23H19N7O/c1-30-20(23-27-17-9-8-15(22(24)25)11-18(17)28-23)21(31)19(29-30)14-6-4-13(5-7-14)16-3-2-10-26-12-16/h2-12,31H,1H3,(H3,24,25)(H,27,28). The first-order valence-corrected chi connectivity index (χ1v) is 9.62. The zero-order valence-corrected chi connectivity index (χ0v) is 16.7. The van der Waals surface area contributed by atoms with Gasteiger partial charge in [-0.25, -0.2) is 4.98 Å². The monoisotopic (exact) mass is 409 g/mol. The number of hydrogen-bond donors (Lipinski definition) is 4. The lowest BCUT2D eigenvalue weighted by Crippen LogP contribution is -2.10. The van der Waals surface area contributed by atoms with Crippen molar-refractivity contribution >= 4 is 16.9 Å². The summed E-state index contributed by atoms with van der Waals surface area (Å²) in [4.78, 5) is 11.9. The fraction of sp³-hybridized carbons (Fsp3) is 0.0435. The molecule has 3 aromatic heterocycles. The van der Waals surface area contributed by atoms with Crippen LogP contribution in [-0.2, 0) is 7.05 Å². The third-order valence-corrected chi connectivity index (χ3v) is 5.19. The number of aryl methyl sites for hydroxylation is 1. The van der Waals surface area contributed by atoms with Gasteiger partial charge in [0, 0.05) is 30.6 Å². The number of nitrogens with two attached hydrogens (primary N) is 1. The number of hydrogen-bond acceptors (Lipinski definition) is 5. The van der Waals surface area contributed by atoms with E-state index >= 15 is 0 Å². The Bertz CT molecular complexity index is 1420. The van der Waals surface area contributed by atoms with Crippen LogP contribution in [0.15, 0.2) is 67.0 Å². The largest absolute Gasteiger partial charge is 0.504 e. The quantitative estimate of drug-likeness (QED) is 0.266. The Morgan fingerprint density at radius 3 is 2.55 bits per heavy atom. The molecule has 0 aliphatic carbocycles. The highest BCUT2D eigenvalue weighted by Crippen LogP contribution is 2.37. The zero-order chi connectivity index (χ0) is 21.5. The Hall–Kier alpha value is -4.46. The maximum absolute atomic E-state index is 11.0. The lowest BCUT2D eigenvalue weighted by atomic mass is 10.0. The van der Waals surface area contributed by atoms with Crippen LogP contribution in [0, 0.1) is 5.41 Å². The fourth-order valence-corrected chi connectivity index (χ4v) is 3.62. The lowest BCUT2D eigenvalue weighted by molar-refractivity contribution is 0.478. The molecule has 0 aliphatic rings. The normalized spacial score (nSPS) is 11.1. The number of nitrogen functional groups attached to an aromatic ring is 1. The molecule has 0 spiro atoms. The minimum absolute atomic E-state index is 0.0153. The van der Waals surface area contributed by atoms with Gasteiger partial charge in [0.15, 0.2) is 11.6 Å². The van der Waals surface area contributed by atoms with E-state index in [4.69, 9.17) is 11.1 Å². The van der Waals surface area contributed by atoms with Gasteiger partial charge in [0.1, 0.15) is 17.2 Å². The summed E-state index contributed by atoms with van der Waals surface area (Å²) in [6.45, 7) is 0. The summed E-state index contributed by atoms with van der Waals surface area (Å²) in [5.41, 5.74) is 11.4. The second-order valence-corrected chi connectivity index (χ2v) is 7.22. The van der Waals surface area contributed by atoms with E-state index in [0.29, 0.717) is 28.3 Å². The van der Waals surface area contributed by atoms with Crippen LogP contribution in [0.2, 0.25) is 0 Å². The van der Waals surface area contributed by atoms with E-state index < -0.39 is 0 Å². The van der Waals surface area contributed by atoms with Gasteiger partial charge in [-0.15, -0.1) is 0 Å². The molecule has 0 atom stereocenters. The Morgan fingerprint density at radius 1 is 1.06 bits per heavy atom. The van der Waals surface area contributed by atoms with Crippen molar-refractivity contribution in [1.82, 2.24) is 24.7 Å². The molecule has 3 heterocycles. The molecule has 0 aliphatic heterocycles. The average Bonchev–Trinajstić information content (AvgIpc) is 3.33. The number of benzene rings is 2. The van der Waals surface area contributed by atoms with E-state index in [2.05, 4.69) is 20.1 Å². The molecule has 0 saturated carbocycles. The minimum Gasteiger partial charge on any atom is -0.504 e. The smallest absolute Gasteiger partial charge is 0.173 e. The molecule has 0 saturated heterocycles. The first-order chi connectivity index (χ1) is 15.0. The van der Waals surface area contributed by atoms with Gasteiger partial charge in [-0.05, 0) is 35.4 Å². The van der Waals surface area contributed by atoms with E-state index in [1.807, 2.05) is 42.6 Å². The summed E-state index contributed by atoms with van der Waals surface area (Å²) in [5, 5.41) is 23.1. The van der Waals surface area contributed by atoms with Crippen molar-refractivity contribution in [3.8, 4) is 39.7 Å². The Labute approximate surface area is 177 Å². The van der Waals surface area contributed by atoms with Crippen LogP contribution >= 0.6 is 0 Å². The predicted octanol–water partition coefficient (Wildman–Crippen LogP) is 3.68. The summed E-state index contributed by atoms with van der Waals surface area (Å²) in [5.74, 6) is 0.516. The van der Waals surface area contributed by atoms with Gasteiger partial charge in [-0.1, -0.05) is 30.3 Å². The molecular weight excluding hydrogens is 390 g/mol. The zero-order valence-electron chi connectivity index (χ0n) is 16.7. The first-order valence-electron chi connectivity index (χ1n) is 9.62.